The molecule has 0 saturated carbocycles. The molecule has 0 spiro atoms. The lowest BCUT2D eigenvalue weighted by atomic mass is 9.94. The molecule has 2 heterocycles. The van der Waals surface area contributed by atoms with Crippen LogP contribution in [-0.2, 0) is 6.42 Å². The summed E-state index contributed by atoms with van der Waals surface area (Å²) in [6, 6.07) is 11.2. The van der Waals surface area contributed by atoms with Crippen LogP contribution in [0.4, 0.5) is 0 Å². The molecule has 156 valence electrons. The van der Waals surface area contributed by atoms with Crippen molar-refractivity contribution >= 4 is 34.3 Å². The molecule has 1 aromatic heterocycles. The maximum atomic E-state index is 12.9. The van der Waals surface area contributed by atoms with E-state index in [1.54, 1.807) is 23.9 Å². The van der Waals surface area contributed by atoms with E-state index in [2.05, 4.69) is 17.1 Å². The number of benzene rings is 2. The largest absolute Gasteiger partial charge is 0.416 e. The van der Waals surface area contributed by atoms with Crippen molar-refractivity contribution in [3.05, 3.63) is 53.4 Å². The molecule has 2 amide bonds. The standard InChI is InChI=1S/C23H25N3O3S/c1-2-3-15-30-23-25-24-19(29-23)13-5-4-6-14-26-21(27)17-11-7-9-16-10-8-12-18(20(16)17)22(26)28/h7-12H,2-6,13-15H2,1H3. The highest BCUT2D eigenvalue weighted by Gasteiger charge is 2.31. The third kappa shape index (κ3) is 4.26. The molecule has 4 rings (SSSR count). The van der Waals surface area contributed by atoms with Crippen molar-refractivity contribution in [3.8, 4) is 0 Å². The van der Waals surface area contributed by atoms with Crippen LogP contribution < -0.4 is 0 Å². The van der Waals surface area contributed by atoms with E-state index in [0.29, 0.717) is 35.2 Å². The van der Waals surface area contributed by atoms with Gasteiger partial charge in [0.1, 0.15) is 0 Å². The van der Waals surface area contributed by atoms with Gasteiger partial charge in [-0.25, -0.2) is 0 Å². The van der Waals surface area contributed by atoms with Crippen LogP contribution in [0.15, 0.2) is 46.0 Å². The average molecular weight is 424 g/mol. The zero-order valence-corrected chi connectivity index (χ0v) is 17.9. The van der Waals surface area contributed by atoms with Gasteiger partial charge in [0.15, 0.2) is 0 Å². The zero-order chi connectivity index (χ0) is 20.9. The molecule has 0 aliphatic carbocycles. The molecule has 0 unspecified atom stereocenters. The van der Waals surface area contributed by atoms with Crippen LogP contribution in [0.1, 0.15) is 65.6 Å². The minimum absolute atomic E-state index is 0.199. The van der Waals surface area contributed by atoms with Crippen molar-refractivity contribution in [1.82, 2.24) is 15.1 Å². The summed E-state index contributed by atoms with van der Waals surface area (Å²) in [4.78, 5) is 27.1. The fraction of sp³-hybridized carbons (Fsp3) is 0.391. The smallest absolute Gasteiger partial charge is 0.276 e. The van der Waals surface area contributed by atoms with Gasteiger partial charge in [-0.15, -0.1) is 10.2 Å². The quantitative estimate of drug-likeness (QED) is 0.256. The molecule has 6 nitrogen and oxygen atoms in total. The van der Waals surface area contributed by atoms with Gasteiger partial charge in [-0.2, -0.15) is 0 Å². The normalized spacial score (nSPS) is 13.4. The van der Waals surface area contributed by atoms with E-state index in [1.165, 1.54) is 4.90 Å². The maximum absolute atomic E-state index is 12.9. The summed E-state index contributed by atoms with van der Waals surface area (Å²) < 4.78 is 5.65. The predicted molar refractivity (Wildman–Crippen MR) is 117 cm³/mol. The first-order valence-corrected chi connectivity index (χ1v) is 11.5. The molecule has 2 aromatic carbocycles. The molecule has 0 fully saturated rings. The lowest BCUT2D eigenvalue weighted by molar-refractivity contribution is 0.0607. The van der Waals surface area contributed by atoms with Gasteiger partial charge >= 0.3 is 0 Å². The minimum Gasteiger partial charge on any atom is -0.416 e. The topological polar surface area (TPSA) is 76.3 Å². The number of aromatic nitrogens is 2. The highest BCUT2D eigenvalue weighted by atomic mass is 32.2. The highest BCUT2D eigenvalue weighted by molar-refractivity contribution is 7.99. The van der Waals surface area contributed by atoms with Crippen molar-refractivity contribution in [2.45, 2.75) is 50.7 Å². The van der Waals surface area contributed by atoms with E-state index < -0.39 is 0 Å². The third-order valence-electron chi connectivity index (χ3n) is 5.30. The lowest BCUT2D eigenvalue weighted by Crippen LogP contribution is -2.40. The summed E-state index contributed by atoms with van der Waals surface area (Å²) >= 11 is 1.60. The van der Waals surface area contributed by atoms with Crippen LogP contribution in [0.3, 0.4) is 0 Å². The predicted octanol–water partition coefficient (Wildman–Crippen LogP) is 5.12. The maximum Gasteiger partial charge on any atom is 0.276 e. The fourth-order valence-electron chi connectivity index (χ4n) is 3.71. The minimum atomic E-state index is -0.199. The van der Waals surface area contributed by atoms with Gasteiger partial charge in [0.05, 0.1) is 0 Å². The van der Waals surface area contributed by atoms with E-state index in [9.17, 15) is 9.59 Å². The van der Waals surface area contributed by atoms with Crippen molar-refractivity contribution in [3.63, 3.8) is 0 Å². The average Bonchev–Trinajstić information content (AvgIpc) is 3.21. The Hall–Kier alpha value is -2.67. The Morgan fingerprint density at radius 2 is 1.67 bits per heavy atom. The zero-order valence-electron chi connectivity index (χ0n) is 17.1. The second kappa shape index (κ2) is 9.43. The van der Waals surface area contributed by atoms with Crippen LogP contribution in [-0.4, -0.2) is 39.2 Å². The molecular formula is C23H25N3O3S. The third-order valence-corrected chi connectivity index (χ3v) is 6.20. The number of rotatable bonds is 10. The number of carbonyl (C=O) groups is 2. The van der Waals surface area contributed by atoms with Gasteiger partial charge in [0.2, 0.25) is 5.89 Å². The van der Waals surface area contributed by atoms with Crippen LogP contribution in [0, 0.1) is 0 Å². The Kier molecular flexibility index (Phi) is 6.47. The SMILES string of the molecule is CCCCSc1nnc(CCCCCN2C(=O)c3cccc4cccc(c34)C2=O)o1. The summed E-state index contributed by atoms with van der Waals surface area (Å²) in [6.07, 6.45) is 5.51. The van der Waals surface area contributed by atoms with Crippen LogP contribution in [0.2, 0.25) is 0 Å². The van der Waals surface area contributed by atoms with Crippen LogP contribution in [0.25, 0.3) is 10.8 Å². The van der Waals surface area contributed by atoms with E-state index in [4.69, 9.17) is 4.42 Å². The number of hydrogen-bond acceptors (Lipinski definition) is 6. The van der Waals surface area contributed by atoms with Gasteiger partial charge in [0, 0.05) is 35.2 Å². The van der Waals surface area contributed by atoms with E-state index in [1.807, 2.05) is 24.3 Å². The van der Waals surface area contributed by atoms with E-state index in [0.717, 1.165) is 48.6 Å². The molecule has 0 bridgehead atoms. The molecular weight excluding hydrogens is 398 g/mol. The van der Waals surface area contributed by atoms with Gasteiger partial charge < -0.3 is 4.42 Å². The Bertz CT molecular complexity index is 1010. The number of hydrogen-bond donors (Lipinski definition) is 0. The lowest BCUT2D eigenvalue weighted by Gasteiger charge is -2.27. The van der Waals surface area contributed by atoms with Crippen molar-refractivity contribution in [2.75, 3.05) is 12.3 Å². The second-order valence-corrected chi connectivity index (χ2v) is 8.49. The Morgan fingerprint density at radius 1 is 0.933 bits per heavy atom. The number of amides is 2. The monoisotopic (exact) mass is 423 g/mol. The first-order valence-electron chi connectivity index (χ1n) is 10.5. The molecule has 7 heteroatoms. The molecule has 30 heavy (non-hydrogen) atoms. The molecule has 0 atom stereocenters. The van der Waals surface area contributed by atoms with E-state index in [-0.39, 0.29) is 11.8 Å². The number of aryl methyl sites for hydroxylation is 1. The molecule has 1 aliphatic rings. The van der Waals surface area contributed by atoms with Gasteiger partial charge in [-0.3, -0.25) is 14.5 Å². The highest BCUT2D eigenvalue weighted by Crippen LogP contribution is 2.30. The van der Waals surface area contributed by atoms with E-state index >= 15 is 0 Å². The van der Waals surface area contributed by atoms with Crippen molar-refractivity contribution < 1.29 is 14.0 Å². The van der Waals surface area contributed by atoms with Crippen LogP contribution in [0.5, 0.6) is 0 Å². The van der Waals surface area contributed by atoms with Gasteiger partial charge in [-0.1, -0.05) is 55.8 Å². The number of thioether (sulfide) groups is 1. The first kappa shape index (κ1) is 20.6. The van der Waals surface area contributed by atoms with Gasteiger partial charge in [0.25, 0.3) is 17.0 Å². The number of unbranched alkanes of at least 4 members (excludes halogenated alkanes) is 3. The van der Waals surface area contributed by atoms with Crippen molar-refractivity contribution in [2.24, 2.45) is 0 Å². The Morgan fingerprint density at radius 3 is 2.37 bits per heavy atom. The molecule has 0 saturated heterocycles. The molecule has 1 aliphatic heterocycles. The first-order chi connectivity index (χ1) is 14.7. The van der Waals surface area contributed by atoms with Crippen molar-refractivity contribution in [1.29, 1.82) is 0 Å². The molecule has 3 aromatic rings. The second-order valence-electron chi connectivity index (χ2n) is 7.45. The number of imide groups is 1. The van der Waals surface area contributed by atoms with Gasteiger partial charge in [-0.05, 0) is 36.8 Å². The summed E-state index contributed by atoms with van der Waals surface area (Å²) in [6.45, 7) is 2.58. The Labute approximate surface area is 180 Å². The summed E-state index contributed by atoms with van der Waals surface area (Å²) in [7, 11) is 0. The number of carbonyl (C=O) groups excluding carboxylic acids is 2. The summed E-state index contributed by atoms with van der Waals surface area (Å²) in [5, 5.41) is 10.5. The van der Waals surface area contributed by atoms with Crippen LogP contribution >= 0.6 is 11.8 Å². The molecule has 0 N–H and O–H groups in total. The molecule has 0 radical (unpaired) electrons. The number of nitrogens with zero attached hydrogens (tertiary/aromatic N) is 3. The summed E-state index contributed by atoms with van der Waals surface area (Å²) in [5.74, 6) is 1.25. The summed E-state index contributed by atoms with van der Waals surface area (Å²) in [5.41, 5.74) is 1.23. The Balaban J connectivity index is 1.29. The fourth-order valence-corrected chi connectivity index (χ4v) is 4.57.